The lowest BCUT2D eigenvalue weighted by atomic mass is 9.79. The van der Waals surface area contributed by atoms with Gasteiger partial charge in [0.15, 0.2) is 0 Å². The van der Waals surface area contributed by atoms with Crippen LogP contribution in [0.2, 0.25) is 0 Å². The first-order valence-electron chi connectivity index (χ1n) is 8.09. The summed E-state index contributed by atoms with van der Waals surface area (Å²) in [6.07, 6.45) is 8.35. The topological polar surface area (TPSA) is 23.5 Å². The number of benzene rings is 1. The number of aliphatic hydroxyl groups is 1. The van der Waals surface area contributed by atoms with Crippen molar-refractivity contribution in [1.82, 2.24) is 4.90 Å². The molecule has 1 unspecified atom stereocenters. The first-order chi connectivity index (χ1) is 9.63. The summed E-state index contributed by atoms with van der Waals surface area (Å²) < 4.78 is 0. The fourth-order valence-electron chi connectivity index (χ4n) is 3.95. The van der Waals surface area contributed by atoms with E-state index >= 15 is 0 Å². The molecule has 2 aliphatic rings. The molecule has 2 nitrogen and oxygen atoms in total. The van der Waals surface area contributed by atoms with Crippen LogP contribution in [0.25, 0.3) is 0 Å². The molecule has 3 rings (SSSR count). The summed E-state index contributed by atoms with van der Waals surface area (Å²) >= 11 is 0. The van der Waals surface area contributed by atoms with Crippen LogP contribution in [0.5, 0.6) is 0 Å². The Labute approximate surface area is 122 Å². The number of hydrogen-bond acceptors (Lipinski definition) is 2. The van der Waals surface area contributed by atoms with E-state index in [-0.39, 0.29) is 11.6 Å². The monoisotopic (exact) mass is 273 g/mol. The van der Waals surface area contributed by atoms with E-state index in [9.17, 15) is 5.11 Å². The van der Waals surface area contributed by atoms with Gasteiger partial charge in [-0.05, 0) is 56.8 Å². The van der Waals surface area contributed by atoms with Gasteiger partial charge in [0.1, 0.15) is 0 Å². The maximum absolute atomic E-state index is 10.9. The van der Waals surface area contributed by atoms with Gasteiger partial charge in [-0.1, -0.05) is 43.5 Å². The molecule has 2 aliphatic carbocycles. The van der Waals surface area contributed by atoms with Crippen molar-refractivity contribution in [2.24, 2.45) is 0 Å². The number of nitrogens with zero attached hydrogens (tertiary/aromatic N) is 1. The van der Waals surface area contributed by atoms with Gasteiger partial charge in [0.25, 0.3) is 0 Å². The maximum atomic E-state index is 10.9. The lowest BCUT2D eigenvalue weighted by Gasteiger charge is -2.41. The van der Waals surface area contributed by atoms with Crippen LogP contribution in [0, 0.1) is 0 Å². The van der Waals surface area contributed by atoms with Crippen molar-refractivity contribution in [3.05, 3.63) is 35.4 Å². The van der Waals surface area contributed by atoms with E-state index in [0.717, 1.165) is 24.3 Å². The second-order valence-corrected chi connectivity index (χ2v) is 6.90. The van der Waals surface area contributed by atoms with E-state index < -0.39 is 0 Å². The zero-order valence-electron chi connectivity index (χ0n) is 12.8. The maximum Gasteiger partial charge on any atom is 0.0973 e. The molecule has 2 fully saturated rings. The highest BCUT2D eigenvalue weighted by molar-refractivity contribution is 5.29. The molecule has 0 amide bonds. The van der Waals surface area contributed by atoms with Crippen LogP contribution in [0.4, 0.5) is 0 Å². The van der Waals surface area contributed by atoms with Crippen molar-refractivity contribution in [2.75, 3.05) is 14.1 Å². The van der Waals surface area contributed by atoms with Crippen molar-refractivity contribution >= 4 is 0 Å². The summed E-state index contributed by atoms with van der Waals surface area (Å²) in [5.74, 6) is 0.774. The molecule has 0 aliphatic heterocycles. The fourth-order valence-corrected chi connectivity index (χ4v) is 3.95. The molecule has 0 bridgehead atoms. The van der Waals surface area contributed by atoms with E-state index in [1.807, 2.05) is 0 Å². The van der Waals surface area contributed by atoms with Gasteiger partial charge in [-0.25, -0.2) is 0 Å². The summed E-state index contributed by atoms with van der Waals surface area (Å²) in [5, 5.41) is 10.9. The van der Waals surface area contributed by atoms with Gasteiger partial charge in [-0.3, -0.25) is 0 Å². The molecule has 1 atom stereocenters. The van der Waals surface area contributed by atoms with Gasteiger partial charge in [0.05, 0.1) is 11.6 Å². The van der Waals surface area contributed by atoms with Gasteiger partial charge in [-0.2, -0.15) is 0 Å². The third-order valence-electron chi connectivity index (χ3n) is 5.70. The Morgan fingerprint density at radius 3 is 2.10 bits per heavy atom. The highest BCUT2D eigenvalue weighted by Gasteiger charge is 2.43. The predicted molar refractivity (Wildman–Crippen MR) is 82.9 cm³/mol. The van der Waals surface area contributed by atoms with Crippen molar-refractivity contribution in [1.29, 1.82) is 0 Å². The molecule has 110 valence electrons. The quantitative estimate of drug-likeness (QED) is 0.900. The van der Waals surface area contributed by atoms with Crippen molar-refractivity contribution in [2.45, 2.75) is 62.5 Å². The zero-order valence-corrected chi connectivity index (χ0v) is 12.8. The van der Waals surface area contributed by atoms with Gasteiger partial charge in [-0.15, -0.1) is 0 Å². The Morgan fingerprint density at radius 2 is 1.65 bits per heavy atom. The normalized spacial score (nSPS) is 23.8. The van der Waals surface area contributed by atoms with E-state index in [2.05, 4.69) is 43.3 Å². The number of hydrogen-bond donors (Lipinski definition) is 1. The van der Waals surface area contributed by atoms with Gasteiger partial charge < -0.3 is 10.0 Å². The highest BCUT2D eigenvalue weighted by atomic mass is 16.3. The van der Waals surface area contributed by atoms with Gasteiger partial charge >= 0.3 is 0 Å². The Kier molecular flexibility index (Phi) is 3.87. The number of likely N-dealkylation sites (N-methyl/N-ethyl adjacent to an activating group) is 1. The molecule has 1 aromatic rings. The first kappa shape index (κ1) is 14.1. The molecule has 2 saturated carbocycles. The molecular weight excluding hydrogens is 246 g/mol. The molecular formula is C18H27NO. The van der Waals surface area contributed by atoms with Crippen molar-refractivity contribution in [3.8, 4) is 0 Å². The predicted octanol–water partition coefficient (Wildman–Crippen LogP) is 3.86. The smallest absolute Gasteiger partial charge is 0.0973 e. The summed E-state index contributed by atoms with van der Waals surface area (Å²) in [6, 6.07) is 8.78. The summed E-state index contributed by atoms with van der Waals surface area (Å²) in [6.45, 7) is 0. The minimum Gasteiger partial charge on any atom is -0.386 e. The lowest BCUT2D eigenvalue weighted by molar-refractivity contribution is -0.00476. The van der Waals surface area contributed by atoms with Crippen LogP contribution in [-0.4, -0.2) is 29.6 Å². The van der Waals surface area contributed by atoms with Gasteiger partial charge in [0.2, 0.25) is 0 Å². The Bertz CT molecular complexity index is 441. The molecule has 1 N–H and O–H groups in total. The van der Waals surface area contributed by atoms with Crippen molar-refractivity contribution in [3.63, 3.8) is 0 Å². The average molecular weight is 273 g/mol. The Balaban J connectivity index is 1.80. The third-order valence-corrected chi connectivity index (χ3v) is 5.70. The Hall–Kier alpha value is -0.860. The second-order valence-electron chi connectivity index (χ2n) is 6.90. The molecule has 2 heteroatoms. The van der Waals surface area contributed by atoms with E-state index in [4.69, 9.17) is 0 Å². The average Bonchev–Trinajstić information content (AvgIpc) is 2.87. The second kappa shape index (κ2) is 5.50. The molecule has 1 aromatic carbocycles. The number of aliphatic hydroxyl groups excluding tert-OH is 1. The van der Waals surface area contributed by atoms with Crippen LogP contribution >= 0.6 is 0 Å². The molecule has 20 heavy (non-hydrogen) atoms. The zero-order chi connectivity index (χ0) is 14.2. The van der Waals surface area contributed by atoms with E-state index in [1.165, 1.54) is 37.7 Å². The highest BCUT2D eigenvalue weighted by Crippen LogP contribution is 2.44. The SMILES string of the molecule is CN(C)C1(C(O)c2ccc(C3CCC3)cc2)CCCC1. The van der Waals surface area contributed by atoms with Gasteiger partial charge in [0, 0.05) is 0 Å². The van der Waals surface area contributed by atoms with Crippen LogP contribution in [0.3, 0.4) is 0 Å². The molecule has 0 saturated heterocycles. The molecule has 0 radical (unpaired) electrons. The standard InChI is InChI=1S/C18H27NO/c1-19(2)18(12-3-4-13-18)17(20)16-10-8-15(9-11-16)14-6-5-7-14/h8-11,14,17,20H,3-7,12-13H2,1-2H3. The van der Waals surface area contributed by atoms with Crippen molar-refractivity contribution < 1.29 is 5.11 Å². The van der Waals surface area contributed by atoms with E-state index in [1.54, 1.807) is 0 Å². The van der Waals surface area contributed by atoms with Crippen LogP contribution < -0.4 is 0 Å². The van der Waals surface area contributed by atoms with Crippen LogP contribution in [-0.2, 0) is 0 Å². The molecule has 0 aromatic heterocycles. The minimum atomic E-state index is -0.365. The van der Waals surface area contributed by atoms with Crippen LogP contribution in [0.1, 0.15) is 68.1 Å². The largest absolute Gasteiger partial charge is 0.386 e. The fraction of sp³-hybridized carbons (Fsp3) is 0.667. The minimum absolute atomic E-state index is 0.0576. The first-order valence-corrected chi connectivity index (χ1v) is 8.09. The Morgan fingerprint density at radius 1 is 1.05 bits per heavy atom. The molecule has 0 heterocycles. The molecule has 0 spiro atoms. The van der Waals surface area contributed by atoms with E-state index in [0.29, 0.717) is 0 Å². The third kappa shape index (κ3) is 2.29. The summed E-state index contributed by atoms with van der Waals surface area (Å²) in [5.41, 5.74) is 2.49. The lowest BCUT2D eigenvalue weighted by Crippen LogP contribution is -2.47. The number of rotatable bonds is 4. The summed E-state index contributed by atoms with van der Waals surface area (Å²) in [7, 11) is 4.22. The summed E-state index contributed by atoms with van der Waals surface area (Å²) in [4.78, 5) is 2.24. The van der Waals surface area contributed by atoms with Crippen LogP contribution in [0.15, 0.2) is 24.3 Å².